The lowest BCUT2D eigenvalue weighted by atomic mass is 10.2. The lowest BCUT2D eigenvalue weighted by Gasteiger charge is -2.09. The van der Waals surface area contributed by atoms with Gasteiger partial charge in [0.1, 0.15) is 5.65 Å². The molecule has 0 saturated heterocycles. The molecule has 0 aliphatic heterocycles. The number of rotatable bonds is 4. The fourth-order valence-electron chi connectivity index (χ4n) is 2.36. The third-order valence-electron chi connectivity index (χ3n) is 3.64. The molecule has 0 radical (unpaired) electrons. The first kappa shape index (κ1) is 15.8. The van der Waals surface area contributed by atoms with Crippen LogP contribution >= 0.6 is 11.6 Å². The SMILES string of the molecule is Cc1nc2ccc(NS(=O)(=O)Cc3ccc(Cl)cc3)cn2c1C. The summed E-state index contributed by atoms with van der Waals surface area (Å²) in [6.45, 7) is 3.87. The third kappa shape index (κ3) is 3.48. The Kier molecular flexibility index (Phi) is 4.04. The van der Waals surface area contributed by atoms with E-state index in [0.717, 1.165) is 17.0 Å². The van der Waals surface area contributed by atoms with Gasteiger partial charge in [0.15, 0.2) is 0 Å². The second-order valence-electron chi connectivity index (χ2n) is 5.42. The minimum atomic E-state index is -3.50. The number of nitrogens with one attached hydrogen (secondary N) is 1. The topological polar surface area (TPSA) is 63.5 Å². The summed E-state index contributed by atoms with van der Waals surface area (Å²) in [6, 6.07) is 10.3. The summed E-state index contributed by atoms with van der Waals surface area (Å²) in [5.41, 5.74) is 3.88. The standard InChI is InChI=1S/C16H16ClN3O2S/c1-11-12(2)20-9-15(7-8-16(20)18-11)19-23(21,22)10-13-3-5-14(17)6-4-13/h3-9,19H,10H2,1-2H3. The number of benzene rings is 1. The largest absolute Gasteiger partial charge is 0.302 e. The van der Waals surface area contributed by atoms with Crippen LogP contribution in [0.5, 0.6) is 0 Å². The summed E-state index contributed by atoms with van der Waals surface area (Å²) in [5, 5.41) is 0.579. The molecule has 1 aromatic carbocycles. The van der Waals surface area contributed by atoms with Crippen LogP contribution in [0.25, 0.3) is 5.65 Å². The van der Waals surface area contributed by atoms with E-state index < -0.39 is 10.0 Å². The molecular formula is C16H16ClN3O2S. The highest BCUT2D eigenvalue weighted by Crippen LogP contribution is 2.18. The molecule has 3 rings (SSSR count). The number of fused-ring (bicyclic) bond motifs is 1. The van der Waals surface area contributed by atoms with Crippen LogP contribution < -0.4 is 4.72 Å². The van der Waals surface area contributed by atoms with Gasteiger partial charge >= 0.3 is 0 Å². The number of aryl methyl sites for hydroxylation is 2. The fourth-order valence-corrected chi connectivity index (χ4v) is 3.67. The third-order valence-corrected chi connectivity index (χ3v) is 5.15. The average Bonchev–Trinajstić information content (AvgIpc) is 2.76. The Labute approximate surface area is 140 Å². The van der Waals surface area contributed by atoms with Gasteiger partial charge in [-0.25, -0.2) is 13.4 Å². The van der Waals surface area contributed by atoms with Crippen LogP contribution in [0.2, 0.25) is 5.02 Å². The van der Waals surface area contributed by atoms with Crippen LogP contribution in [-0.4, -0.2) is 17.8 Å². The molecule has 1 N–H and O–H groups in total. The first-order valence-corrected chi connectivity index (χ1v) is 9.07. The minimum absolute atomic E-state index is 0.107. The van der Waals surface area contributed by atoms with Gasteiger partial charge in [0.05, 0.1) is 17.1 Å². The molecule has 0 amide bonds. The van der Waals surface area contributed by atoms with Crippen LogP contribution in [0.4, 0.5) is 5.69 Å². The van der Waals surface area contributed by atoms with E-state index in [0.29, 0.717) is 16.3 Å². The average molecular weight is 350 g/mol. The van der Waals surface area contributed by atoms with E-state index in [2.05, 4.69) is 9.71 Å². The predicted octanol–water partition coefficient (Wildman–Crippen LogP) is 3.55. The van der Waals surface area contributed by atoms with E-state index in [4.69, 9.17) is 11.6 Å². The Bertz CT molecular complexity index is 963. The van der Waals surface area contributed by atoms with Crippen molar-refractivity contribution in [1.29, 1.82) is 0 Å². The van der Waals surface area contributed by atoms with Crippen molar-refractivity contribution in [3.63, 3.8) is 0 Å². The van der Waals surface area contributed by atoms with Gasteiger partial charge in [-0.3, -0.25) is 4.72 Å². The van der Waals surface area contributed by atoms with E-state index >= 15 is 0 Å². The molecular weight excluding hydrogens is 334 g/mol. The molecule has 0 unspecified atom stereocenters. The summed E-state index contributed by atoms with van der Waals surface area (Å²) >= 11 is 5.81. The molecule has 120 valence electrons. The van der Waals surface area contributed by atoms with Crippen molar-refractivity contribution in [2.45, 2.75) is 19.6 Å². The second kappa shape index (κ2) is 5.86. The Morgan fingerprint density at radius 2 is 1.83 bits per heavy atom. The number of sulfonamides is 1. The van der Waals surface area contributed by atoms with Crippen molar-refractivity contribution in [1.82, 2.24) is 9.38 Å². The second-order valence-corrected chi connectivity index (χ2v) is 7.57. The van der Waals surface area contributed by atoms with Crippen LogP contribution in [0.15, 0.2) is 42.6 Å². The van der Waals surface area contributed by atoms with Gasteiger partial charge in [-0.2, -0.15) is 0 Å². The molecule has 0 saturated carbocycles. The molecule has 0 aliphatic rings. The molecule has 5 nitrogen and oxygen atoms in total. The van der Waals surface area contributed by atoms with Gasteiger partial charge < -0.3 is 4.40 Å². The molecule has 2 aromatic heterocycles. The zero-order chi connectivity index (χ0) is 16.6. The van der Waals surface area contributed by atoms with Gasteiger partial charge in [0.25, 0.3) is 0 Å². The predicted molar refractivity (Wildman–Crippen MR) is 92.4 cm³/mol. The van der Waals surface area contributed by atoms with E-state index in [-0.39, 0.29) is 5.75 Å². The van der Waals surface area contributed by atoms with Crippen molar-refractivity contribution in [3.8, 4) is 0 Å². The summed E-state index contributed by atoms with van der Waals surface area (Å²) in [6.07, 6.45) is 1.74. The monoisotopic (exact) mass is 349 g/mol. The molecule has 0 aliphatic carbocycles. The summed E-state index contributed by atoms with van der Waals surface area (Å²) in [7, 11) is -3.50. The van der Waals surface area contributed by atoms with Gasteiger partial charge in [-0.05, 0) is 43.7 Å². The maximum Gasteiger partial charge on any atom is 0.236 e. The minimum Gasteiger partial charge on any atom is -0.302 e. The number of hydrogen-bond donors (Lipinski definition) is 1. The van der Waals surface area contributed by atoms with Crippen molar-refractivity contribution >= 4 is 33.0 Å². The summed E-state index contributed by atoms with van der Waals surface area (Å²) in [5.74, 6) is -0.107. The number of imidazole rings is 1. The lowest BCUT2D eigenvalue weighted by Crippen LogP contribution is -2.15. The zero-order valence-electron chi connectivity index (χ0n) is 12.7. The Balaban J connectivity index is 1.85. The Morgan fingerprint density at radius 3 is 2.52 bits per heavy atom. The molecule has 23 heavy (non-hydrogen) atoms. The van der Waals surface area contributed by atoms with Crippen LogP contribution in [0, 0.1) is 13.8 Å². The van der Waals surface area contributed by atoms with E-state index in [1.807, 2.05) is 18.2 Å². The molecule has 2 heterocycles. The maximum absolute atomic E-state index is 12.3. The molecule has 0 fully saturated rings. The van der Waals surface area contributed by atoms with Gasteiger partial charge in [-0.1, -0.05) is 23.7 Å². The molecule has 7 heteroatoms. The highest BCUT2D eigenvalue weighted by atomic mass is 35.5. The zero-order valence-corrected chi connectivity index (χ0v) is 14.3. The fraction of sp³-hybridized carbons (Fsp3) is 0.188. The van der Waals surface area contributed by atoms with Gasteiger partial charge in [-0.15, -0.1) is 0 Å². The Hall–Kier alpha value is -2.05. The number of hydrogen-bond acceptors (Lipinski definition) is 3. The number of halogens is 1. The van der Waals surface area contributed by atoms with Crippen molar-refractivity contribution in [2.24, 2.45) is 0 Å². The molecule has 0 atom stereocenters. The number of anilines is 1. The van der Waals surface area contributed by atoms with Gasteiger partial charge in [0, 0.05) is 16.9 Å². The van der Waals surface area contributed by atoms with Crippen LogP contribution in [0.1, 0.15) is 17.0 Å². The van der Waals surface area contributed by atoms with Crippen molar-refractivity contribution < 1.29 is 8.42 Å². The van der Waals surface area contributed by atoms with Crippen molar-refractivity contribution in [2.75, 3.05) is 4.72 Å². The number of aromatic nitrogens is 2. The quantitative estimate of drug-likeness (QED) is 0.783. The molecule has 0 bridgehead atoms. The first-order valence-electron chi connectivity index (χ1n) is 7.04. The summed E-state index contributed by atoms with van der Waals surface area (Å²) < 4.78 is 29.1. The van der Waals surface area contributed by atoms with E-state index in [1.54, 1.807) is 42.6 Å². The maximum atomic E-state index is 12.3. The number of nitrogens with zero attached hydrogens (tertiary/aromatic N) is 2. The van der Waals surface area contributed by atoms with Crippen LogP contribution in [-0.2, 0) is 15.8 Å². The normalized spacial score (nSPS) is 11.8. The highest BCUT2D eigenvalue weighted by molar-refractivity contribution is 7.91. The molecule has 0 spiro atoms. The van der Waals surface area contributed by atoms with E-state index in [1.165, 1.54) is 0 Å². The Morgan fingerprint density at radius 1 is 1.13 bits per heavy atom. The summed E-state index contributed by atoms with van der Waals surface area (Å²) in [4.78, 5) is 4.40. The first-order chi connectivity index (χ1) is 10.8. The van der Waals surface area contributed by atoms with E-state index in [9.17, 15) is 8.42 Å². The van der Waals surface area contributed by atoms with Crippen molar-refractivity contribution in [3.05, 3.63) is 64.6 Å². The molecule has 3 aromatic rings. The lowest BCUT2D eigenvalue weighted by molar-refractivity contribution is 0.600. The smallest absolute Gasteiger partial charge is 0.236 e. The van der Waals surface area contributed by atoms with Gasteiger partial charge in [0.2, 0.25) is 10.0 Å². The van der Waals surface area contributed by atoms with Crippen LogP contribution in [0.3, 0.4) is 0 Å². The highest BCUT2D eigenvalue weighted by Gasteiger charge is 2.13. The number of pyridine rings is 1.